The average Bonchev–Trinajstić information content (AvgIpc) is 2.68. The Balaban J connectivity index is 2.32. The van der Waals surface area contributed by atoms with Crippen molar-refractivity contribution in [3.8, 4) is 5.69 Å². The van der Waals surface area contributed by atoms with Gasteiger partial charge >= 0.3 is 0 Å². The van der Waals surface area contributed by atoms with Crippen LogP contribution in [0, 0.1) is 7.27 Å². The Kier molecular flexibility index (Phi) is 3.08. The van der Waals surface area contributed by atoms with Crippen molar-refractivity contribution >= 4 is 56.1 Å². The largest absolute Gasteiger partial charge is 0.225 e. The maximum atomic E-state index is 4.65. The van der Waals surface area contributed by atoms with E-state index in [9.17, 15) is 0 Å². The molecule has 1 aromatic heterocycles. The third kappa shape index (κ3) is 1.97. The summed E-state index contributed by atoms with van der Waals surface area (Å²) in [4.78, 5) is 0. The molecule has 0 radical (unpaired) electrons. The Bertz CT molecular complexity index is 689. The predicted octanol–water partition coefficient (Wildman–Crippen LogP) is 4.23. The predicted molar refractivity (Wildman–Crippen MR) is 86.5 cm³/mol. The molecule has 0 N–H and O–H groups in total. The molecule has 0 aliphatic rings. The van der Waals surface area contributed by atoms with Crippen LogP contribution < -0.4 is 0 Å². The van der Waals surface area contributed by atoms with Crippen molar-refractivity contribution in [1.82, 2.24) is 9.78 Å². The number of hydrogen-bond donors (Lipinski definition) is 0. The first kappa shape index (κ1) is 11.5. The molecule has 84 valence electrons. The first-order chi connectivity index (χ1) is 8.27. The molecule has 0 amide bonds. The quantitative estimate of drug-likeness (QED) is 0.512. The zero-order valence-corrected chi connectivity index (χ0v) is 13.1. The fourth-order valence-corrected chi connectivity index (χ4v) is 3.22. The monoisotopic (exact) mass is 446 g/mol. The topological polar surface area (TPSA) is 17.8 Å². The average molecular weight is 446 g/mol. The molecule has 0 bridgehead atoms. The highest BCUT2D eigenvalue weighted by Gasteiger charge is 2.11. The normalized spacial score (nSPS) is 10.9. The molecular weight excluding hydrogens is 438 g/mol. The number of para-hydroxylation sites is 1. The number of halogens is 2. The minimum atomic E-state index is 1.04. The van der Waals surface area contributed by atoms with Crippen molar-refractivity contribution in [3.05, 3.63) is 55.8 Å². The van der Waals surface area contributed by atoms with Gasteiger partial charge in [0, 0.05) is 8.96 Å². The van der Waals surface area contributed by atoms with Crippen LogP contribution in [0.5, 0.6) is 0 Å². The molecule has 0 atom stereocenters. The summed E-state index contributed by atoms with van der Waals surface area (Å²) >= 11 is 4.69. The second-order valence-corrected chi connectivity index (χ2v) is 5.86. The number of benzene rings is 2. The lowest BCUT2D eigenvalue weighted by molar-refractivity contribution is 0.868. The number of rotatable bonds is 1. The Labute approximate surface area is 126 Å². The summed E-state index contributed by atoms with van der Waals surface area (Å²) in [6.07, 6.45) is 0. The van der Waals surface area contributed by atoms with E-state index in [0.717, 1.165) is 14.9 Å². The van der Waals surface area contributed by atoms with Crippen LogP contribution in [0.2, 0.25) is 0 Å². The summed E-state index contributed by atoms with van der Waals surface area (Å²) in [5.41, 5.74) is 2.17. The van der Waals surface area contributed by atoms with E-state index >= 15 is 0 Å². The number of nitrogens with zero attached hydrogens (tertiary/aromatic N) is 2. The maximum Gasteiger partial charge on any atom is 0.113 e. The second kappa shape index (κ2) is 4.56. The van der Waals surface area contributed by atoms with E-state index in [0.29, 0.717) is 0 Å². The van der Waals surface area contributed by atoms with E-state index in [1.54, 1.807) is 0 Å². The summed E-state index contributed by atoms with van der Waals surface area (Å²) in [7, 11) is 0. The molecule has 0 spiro atoms. The highest BCUT2D eigenvalue weighted by Crippen LogP contribution is 2.25. The van der Waals surface area contributed by atoms with Crippen LogP contribution >= 0.6 is 45.2 Å². The summed E-state index contributed by atoms with van der Waals surface area (Å²) in [5, 5.41) is 5.85. The molecule has 3 aromatic rings. The fraction of sp³-hybridized carbons (Fsp3) is 0. The standard InChI is InChI=1S/C13H8I2N2/c14-10-6-2-4-8-12(10)17-13(15)9-5-1-3-7-11(9)16-17/h1-8H. The number of hydrogen-bond acceptors (Lipinski definition) is 1. The zero-order valence-electron chi connectivity index (χ0n) is 8.77. The first-order valence-electron chi connectivity index (χ1n) is 5.15. The summed E-state index contributed by atoms with van der Waals surface area (Å²) in [6, 6.07) is 16.5. The molecule has 2 nitrogen and oxygen atoms in total. The Morgan fingerprint density at radius 2 is 1.59 bits per heavy atom. The van der Waals surface area contributed by atoms with Gasteiger partial charge in [-0.1, -0.05) is 30.3 Å². The van der Waals surface area contributed by atoms with Crippen molar-refractivity contribution in [2.75, 3.05) is 0 Å². The lowest BCUT2D eigenvalue weighted by atomic mass is 10.3. The van der Waals surface area contributed by atoms with Crippen LogP contribution in [0.3, 0.4) is 0 Å². The van der Waals surface area contributed by atoms with Gasteiger partial charge in [-0.25, -0.2) is 4.68 Å². The molecule has 4 heteroatoms. The number of aromatic nitrogens is 2. The van der Waals surface area contributed by atoms with Crippen molar-refractivity contribution in [2.24, 2.45) is 0 Å². The van der Waals surface area contributed by atoms with Crippen molar-refractivity contribution in [2.45, 2.75) is 0 Å². The Morgan fingerprint density at radius 3 is 2.35 bits per heavy atom. The van der Waals surface area contributed by atoms with Gasteiger partial charge in [-0.2, -0.15) is 5.10 Å². The Hall–Kier alpha value is -0.630. The molecule has 0 aliphatic carbocycles. The van der Waals surface area contributed by atoms with Gasteiger partial charge in [-0.15, -0.1) is 0 Å². The van der Waals surface area contributed by atoms with Crippen LogP contribution in [0.25, 0.3) is 16.6 Å². The molecule has 0 aliphatic heterocycles. The molecule has 0 unspecified atom stereocenters. The fourth-order valence-electron chi connectivity index (χ4n) is 1.78. The molecule has 0 saturated heterocycles. The van der Waals surface area contributed by atoms with E-state index in [4.69, 9.17) is 0 Å². The molecule has 2 aromatic carbocycles. The van der Waals surface area contributed by atoms with Crippen LogP contribution in [-0.4, -0.2) is 9.78 Å². The number of fused-ring (bicyclic) bond motifs is 1. The third-order valence-electron chi connectivity index (χ3n) is 2.60. The van der Waals surface area contributed by atoms with E-state index in [2.05, 4.69) is 68.5 Å². The van der Waals surface area contributed by atoms with Crippen molar-refractivity contribution in [1.29, 1.82) is 0 Å². The van der Waals surface area contributed by atoms with E-state index in [-0.39, 0.29) is 0 Å². The van der Waals surface area contributed by atoms with Gasteiger partial charge < -0.3 is 0 Å². The summed E-state index contributed by atoms with van der Waals surface area (Å²) in [6.45, 7) is 0. The SMILES string of the molecule is Ic1ccccc1-n1nc2ccccc2c1I. The van der Waals surface area contributed by atoms with Gasteiger partial charge in [0.05, 0.1) is 11.2 Å². The summed E-state index contributed by atoms with van der Waals surface area (Å²) < 4.78 is 4.37. The molecule has 3 rings (SSSR count). The van der Waals surface area contributed by atoms with Crippen molar-refractivity contribution in [3.63, 3.8) is 0 Å². The van der Waals surface area contributed by atoms with Crippen molar-refractivity contribution < 1.29 is 0 Å². The van der Waals surface area contributed by atoms with E-state index in [1.165, 1.54) is 8.96 Å². The zero-order chi connectivity index (χ0) is 11.8. The molecular formula is C13H8I2N2. The molecule has 17 heavy (non-hydrogen) atoms. The van der Waals surface area contributed by atoms with Crippen LogP contribution in [0.1, 0.15) is 0 Å². The lowest BCUT2D eigenvalue weighted by Crippen LogP contribution is -2.00. The highest BCUT2D eigenvalue weighted by molar-refractivity contribution is 14.1. The van der Waals surface area contributed by atoms with E-state index < -0.39 is 0 Å². The van der Waals surface area contributed by atoms with Crippen LogP contribution in [0.4, 0.5) is 0 Å². The minimum absolute atomic E-state index is 1.04. The summed E-state index contributed by atoms with van der Waals surface area (Å²) in [5.74, 6) is 0. The van der Waals surface area contributed by atoms with E-state index in [1.807, 2.05) is 35.0 Å². The molecule has 0 saturated carbocycles. The first-order valence-corrected chi connectivity index (χ1v) is 7.31. The van der Waals surface area contributed by atoms with Gasteiger partial charge in [0.1, 0.15) is 3.70 Å². The molecule has 1 heterocycles. The Morgan fingerprint density at radius 1 is 0.882 bits per heavy atom. The van der Waals surface area contributed by atoms with Gasteiger partial charge in [0.25, 0.3) is 0 Å². The third-order valence-corrected chi connectivity index (χ3v) is 4.55. The van der Waals surface area contributed by atoms with Crippen LogP contribution in [-0.2, 0) is 0 Å². The van der Waals surface area contributed by atoms with Gasteiger partial charge in [-0.05, 0) is 63.4 Å². The van der Waals surface area contributed by atoms with Gasteiger partial charge in [0.2, 0.25) is 0 Å². The molecule has 0 fully saturated rings. The smallest absolute Gasteiger partial charge is 0.113 e. The van der Waals surface area contributed by atoms with Gasteiger partial charge in [0.15, 0.2) is 0 Å². The maximum absolute atomic E-state index is 4.65. The second-order valence-electron chi connectivity index (χ2n) is 3.67. The van der Waals surface area contributed by atoms with Gasteiger partial charge in [-0.3, -0.25) is 0 Å². The van der Waals surface area contributed by atoms with Crippen LogP contribution in [0.15, 0.2) is 48.5 Å². The minimum Gasteiger partial charge on any atom is -0.225 e. The highest BCUT2D eigenvalue weighted by atomic mass is 127. The lowest BCUT2D eigenvalue weighted by Gasteiger charge is -2.05.